The first kappa shape index (κ1) is 11.6. The molecule has 0 spiro atoms. The molecule has 5 heteroatoms. The van der Waals surface area contributed by atoms with Gasteiger partial charge in [0.2, 0.25) is 5.91 Å². The molecule has 0 saturated carbocycles. The Morgan fingerprint density at radius 3 is 2.47 bits per heavy atom. The molecule has 1 amide bonds. The number of amides is 1. The van der Waals surface area contributed by atoms with E-state index >= 15 is 0 Å². The van der Waals surface area contributed by atoms with Gasteiger partial charge in [0.25, 0.3) is 0 Å². The summed E-state index contributed by atoms with van der Waals surface area (Å²) >= 11 is 0. The van der Waals surface area contributed by atoms with Gasteiger partial charge in [-0.05, 0) is 11.6 Å². The molecule has 15 heavy (non-hydrogen) atoms. The summed E-state index contributed by atoms with van der Waals surface area (Å²) < 4.78 is 37.4. The number of benzene rings is 1. The van der Waals surface area contributed by atoms with Crippen molar-refractivity contribution >= 4 is 5.91 Å². The van der Waals surface area contributed by atoms with Gasteiger partial charge in [-0.15, -0.1) is 0 Å². The van der Waals surface area contributed by atoms with Gasteiger partial charge in [0.05, 0.1) is 5.56 Å². The zero-order valence-electron chi connectivity index (χ0n) is 8.06. The summed E-state index contributed by atoms with van der Waals surface area (Å²) in [6.07, 6.45) is -4.38. The van der Waals surface area contributed by atoms with Crippen LogP contribution in [0, 0.1) is 0 Å². The third kappa shape index (κ3) is 3.27. The van der Waals surface area contributed by atoms with E-state index in [4.69, 9.17) is 0 Å². The van der Waals surface area contributed by atoms with Gasteiger partial charge >= 0.3 is 6.18 Å². The maximum atomic E-state index is 12.5. The van der Waals surface area contributed by atoms with E-state index in [9.17, 15) is 18.0 Å². The Hall–Kier alpha value is -1.52. The van der Waals surface area contributed by atoms with Crippen molar-refractivity contribution in [1.82, 2.24) is 5.32 Å². The molecule has 2 nitrogen and oxygen atoms in total. The third-order valence-corrected chi connectivity index (χ3v) is 1.85. The van der Waals surface area contributed by atoms with Crippen LogP contribution in [-0.2, 0) is 17.5 Å². The van der Waals surface area contributed by atoms with Gasteiger partial charge < -0.3 is 5.32 Å². The van der Waals surface area contributed by atoms with Crippen LogP contribution in [0.5, 0.6) is 0 Å². The van der Waals surface area contributed by atoms with Gasteiger partial charge in [-0.3, -0.25) is 4.79 Å². The lowest BCUT2D eigenvalue weighted by Crippen LogP contribution is -2.21. The van der Waals surface area contributed by atoms with Crippen LogP contribution in [0.4, 0.5) is 13.2 Å². The quantitative estimate of drug-likeness (QED) is 0.809. The summed E-state index contributed by atoms with van der Waals surface area (Å²) in [6, 6.07) is 5.17. The SMILES string of the molecule is CC(=O)NCc1ccccc1C(F)(F)F. The number of nitrogens with one attached hydrogen (secondary N) is 1. The van der Waals surface area contributed by atoms with E-state index in [1.807, 2.05) is 0 Å². The number of hydrogen-bond donors (Lipinski definition) is 1. The van der Waals surface area contributed by atoms with Crippen LogP contribution < -0.4 is 5.32 Å². The molecule has 0 heterocycles. The maximum Gasteiger partial charge on any atom is 0.416 e. The van der Waals surface area contributed by atoms with Gasteiger partial charge in [0.15, 0.2) is 0 Å². The molecule has 1 rings (SSSR count). The van der Waals surface area contributed by atoms with E-state index in [-0.39, 0.29) is 18.0 Å². The first-order valence-electron chi connectivity index (χ1n) is 4.31. The van der Waals surface area contributed by atoms with Crippen molar-refractivity contribution in [2.24, 2.45) is 0 Å². The molecule has 0 aliphatic carbocycles. The zero-order valence-corrected chi connectivity index (χ0v) is 8.06. The average Bonchev–Trinajstić information content (AvgIpc) is 2.13. The number of hydrogen-bond acceptors (Lipinski definition) is 1. The predicted octanol–water partition coefficient (Wildman–Crippen LogP) is 2.34. The monoisotopic (exact) mass is 217 g/mol. The van der Waals surface area contributed by atoms with Crippen LogP contribution in [-0.4, -0.2) is 5.91 Å². The first-order valence-corrected chi connectivity index (χ1v) is 4.31. The largest absolute Gasteiger partial charge is 0.416 e. The van der Waals surface area contributed by atoms with Gasteiger partial charge in [0.1, 0.15) is 0 Å². The number of halogens is 3. The Kier molecular flexibility index (Phi) is 3.34. The van der Waals surface area contributed by atoms with E-state index in [1.54, 1.807) is 0 Å². The van der Waals surface area contributed by atoms with Crippen LogP contribution in [0.25, 0.3) is 0 Å². The Bertz CT molecular complexity index is 360. The van der Waals surface area contributed by atoms with E-state index < -0.39 is 11.7 Å². The lowest BCUT2D eigenvalue weighted by molar-refractivity contribution is -0.138. The highest BCUT2D eigenvalue weighted by molar-refractivity contribution is 5.72. The van der Waals surface area contributed by atoms with Crippen LogP contribution in [0.3, 0.4) is 0 Å². The van der Waals surface area contributed by atoms with E-state index in [0.717, 1.165) is 6.07 Å². The summed E-state index contributed by atoms with van der Waals surface area (Å²) in [7, 11) is 0. The van der Waals surface area contributed by atoms with Crippen LogP contribution >= 0.6 is 0 Å². The predicted molar refractivity (Wildman–Crippen MR) is 49.0 cm³/mol. The molecule has 0 aliphatic heterocycles. The minimum absolute atomic E-state index is 0.0696. The number of alkyl halides is 3. The van der Waals surface area contributed by atoms with Gasteiger partial charge in [0, 0.05) is 13.5 Å². The van der Waals surface area contributed by atoms with E-state index in [0.29, 0.717) is 0 Å². The molecule has 0 radical (unpaired) electrons. The summed E-state index contributed by atoms with van der Waals surface area (Å²) in [5, 5.41) is 2.34. The maximum absolute atomic E-state index is 12.5. The lowest BCUT2D eigenvalue weighted by atomic mass is 10.1. The highest BCUT2D eigenvalue weighted by Crippen LogP contribution is 2.31. The molecule has 0 fully saturated rings. The first-order chi connectivity index (χ1) is 6.91. The van der Waals surface area contributed by atoms with Crippen LogP contribution in [0.1, 0.15) is 18.1 Å². The standard InChI is InChI=1S/C10H10F3NO/c1-7(15)14-6-8-4-2-3-5-9(8)10(11,12)13/h2-5H,6H2,1H3,(H,14,15). The fourth-order valence-corrected chi connectivity index (χ4v) is 1.17. The second kappa shape index (κ2) is 4.33. The van der Waals surface area contributed by atoms with Gasteiger partial charge in [-0.1, -0.05) is 18.2 Å². The van der Waals surface area contributed by atoms with Crippen molar-refractivity contribution in [2.45, 2.75) is 19.6 Å². The summed E-state index contributed by atoms with van der Waals surface area (Å²) in [4.78, 5) is 10.6. The minimum Gasteiger partial charge on any atom is -0.352 e. The normalized spacial score (nSPS) is 11.2. The second-order valence-corrected chi connectivity index (χ2v) is 3.06. The Balaban J connectivity index is 2.92. The van der Waals surface area contributed by atoms with Gasteiger partial charge in [-0.2, -0.15) is 13.2 Å². The Morgan fingerprint density at radius 1 is 1.33 bits per heavy atom. The molecule has 1 aromatic carbocycles. The molecule has 1 N–H and O–H groups in total. The topological polar surface area (TPSA) is 29.1 Å². The molecule has 0 atom stereocenters. The zero-order chi connectivity index (χ0) is 11.5. The molecule has 0 saturated heterocycles. The summed E-state index contributed by atoms with van der Waals surface area (Å²) in [5.74, 6) is -0.355. The molecule has 0 unspecified atom stereocenters. The van der Waals surface area contributed by atoms with Crippen molar-refractivity contribution < 1.29 is 18.0 Å². The second-order valence-electron chi connectivity index (χ2n) is 3.06. The highest BCUT2D eigenvalue weighted by atomic mass is 19.4. The van der Waals surface area contributed by atoms with Gasteiger partial charge in [-0.25, -0.2) is 0 Å². The summed E-state index contributed by atoms with van der Waals surface area (Å²) in [6.45, 7) is 1.15. The van der Waals surface area contributed by atoms with E-state index in [2.05, 4.69) is 5.32 Å². The van der Waals surface area contributed by atoms with Crippen molar-refractivity contribution in [3.63, 3.8) is 0 Å². The molecule has 82 valence electrons. The minimum atomic E-state index is -4.38. The molecular formula is C10H10F3NO. The van der Waals surface area contributed by atoms with Crippen molar-refractivity contribution in [1.29, 1.82) is 0 Å². The Morgan fingerprint density at radius 2 is 1.93 bits per heavy atom. The van der Waals surface area contributed by atoms with Crippen molar-refractivity contribution in [3.8, 4) is 0 Å². The fourth-order valence-electron chi connectivity index (χ4n) is 1.17. The number of carbonyl (C=O) groups is 1. The van der Waals surface area contributed by atoms with Crippen molar-refractivity contribution in [3.05, 3.63) is 35.4 Å². The fraction of sp³-hybridized carbons (Fsp3) is 0.300. The van der Waals surface area contributed by atoms with Crippen LogP contribution in [0.15, 0.2) is 24.3 Å². The number of rotatable bonds is 2. The third-order valence-electron chi connectivity index (χ3n) is 1.85. The number of carbonyl (C=O) groups excluding carboxylic acids is 1. The molecule has 0 bridgehead atoms. The Labute approximate surface area is 85.1 Å². The molecule has 0 aromatic heterocycles. The van der Waals surface area contributed by atoms with Crippen molar-refractivity contribution in [2.75, 3.05) is 0 Å². The molecular weight excluding hydrogens is 207 g/mol. The molecule has 0 aliphatic rings. The highest BCUT2D eigenvalue weighted by Gasteiger charge is 2.32. The van der Waals surface area contributed by atoms with E-state index in [1.165, 1.54) is 25.1 Å². The molecule has 1 aromatic rings. The average molecular weight is 217 g/mol. The summed E-state index contributed by atoms with van der Waals surface area (Å²) in [5.41, 5.74) is -0.640. The smallest absolute Gasteiger partial charge is 0.352 e. The van der Waals surface area contributed by atoms with Crippen LogP contribution in [0.2, 0.25) is 0 Å². The lowest BCUT2D eigenvalue weighted by Gasteiger charge is -2.12.